The molecule has 0 aliphatic carbocycles. The van der Waals surface area contributed by atoms with E-state index in [-0.39, 0.29) is 0 Å². The lowest BCUT2D eigenvalue weighted by Crippen LogP contribution is -2.27. The summed E-state index contributed by atoms with van der Waals surface area (Å²) < 4.78 is 2.14. The van der Waals surface area contributed by atoms with Gasteiger partial charge in [-0.3, -0.25) is 4.40 Å². The van der Waals surface area contributed by atoms with E-state index in [4.69, 9.17) is 4.98 Å². The van der Waals surface area contributed by atoms with Crippen molar-refractivity contribution in [2.24, 2.45) is 0 Å². The van der Waals surface area contributed by atoms with E-state index < -0.39 is 0 Å². The highest BCUT2D eigenvalue weighted by Crippen LogP contribution is 2.30. The van der Waals surface area contributed by atoms with Crippen LogP contribution in [0.2, 0.25) is 0 Å². The van der Waals surface area contributed by atoms with Crippen LogP contribution in [0.15, 0.2) is 11.6 Å². The smallest absolute Gasteiger partial charge is 0.208 e. The van der Waals surface area contributed by atoms with Gasteiger partial charge in [0.05, 0.1) is 11.7 Å². The predicted molar refractivity (Wildman–Crippen MR) is 67.2 cm³/mol. The van der Waals surface area contributed by atoms with Gasteiger partial charge >= 0.3 is 0 Å². The zero-order valence-corrected chi connectivity index (χ0v) is 10.2. The molecule has 1 aliphatic heterocycles. The average Bonchev–Trinajstić information content (AvgIpc) is 2.91. The van der Waals surface area contributed by atoms with Gasteiger partial charge in [-0.05, 0) is 19.4 Å². The van der Waals surface area contributed by atoms with Crippen LogP contribution in [0.4, 0.5) is 5.95 Å². The van der Waals surface area contributed by atoms with Crippen molar-refractivity contribution in [1.29, 1.82) is 0 Å². The van der Waals surface area contributed by atoms with Crippen molar-refractivity contribution in [3.05, 3.63) is 17.3 Å². The van der Waals surface area contributed by atoms with Gasteiger partial charge in [-0.2, -0.15) is 0 Å². The maximum absolute atomic E-state index is 4.69. The Hall–Kier alpha value is -1.07. The second-order valence-corrected chi connectivity index (χ2v) is 5.05. The number of aromatic nitrogens is 2. The fourth-order valence-electron chi connectivity index (χ4n) is 2.34. The average molecular weight is 236 g/mol. The van der Waals surface area contributed by atoms with Crippen LogP contribution in [0.1, 0.15) is 31.0 Å². The van der Waals surface area contributed by atoms with Crippen molar-refractivity contribution in [3.63, 3.8) is 0 Å². The Morgan fingerprint density at radius 3 is 3.25 bits per heavy atom. The summed E-state index contributed by atoms with van der Waals surface area (Å²) >= 11 is 1.76. The summed E-state index contributed by atoms with van der Waals surface area (Å²) in [5.41, 5.74) is 1.21. The van der Waals surface area contributed by atoms with Gasteiger partial charge in [0.2, 0.25) is 5.95 Å². The van der Waals surface area contributed by atoms with Crippen LogP contribution in [0.3, 0.4) is 0 Å². The minimum absolute atomic E-state index is 0.435. The Morgan fingerprint density at radius 2 is 2.50 bits per heavy atom. The van der Waals surface area contributed by atoms with Crippen LogP contribution in [-0.4, -0.2) is 23.0 Å². The maximum Gasteiger partial charge on any atom is 0.208 e. The van der Waals surface area contributed by atoms with Crippen LogP contribution in [0.5, 0.6) is 0 Å². The lowest BCUT2D eigenvalue weighted by molar-refractivity contribution is 0.409. The molecular formula is C11H16N4S. The number of hydrogen-bond donors (Lipinski definition) is 2. The number of nitrogens with zero attached hydrogens (tertiary/aromatic N) is 2. The van der Waals surface area contributed by atoms with E-state index in [2.05, 4.69) is 26.6 Å². The van der Waals surface area contributed by atoms with Gasteiger partial charge in [0.1, 0.15) is 4.83 Å². The van der Waals surface area contributed by atoms with E-state index in [1.165, 1.54) is 29.8 Å². The van der Waals surface area contributed by atoms with Crippen LogP contribution in [0.25, 0.3) is 4.83 Å². The third-order valence-corrected chi connectivity index (χ3v) is 4.03. The monoisotopic (exact) mass is 236 g/mol. The van der Waals surface area contributed by atoms with Crippen molar-refractivity contribution in [2.75, 3.05) is 18.9 Å². The molecule has 0 aromatic carbocycles. The predicted octanol–water partition coefficient (Wildman–Crippen LogP) is 2.25. The van der Waals surface area contributed by atoms with Gasteiger partial charge in [0.15, 0.2) is 0 Å². The van der Waals surface area contributed by atoms with Crippen LogP contribution in [-0.2, 0) is 0 Å². The lowest BCUT2D eigenvalue weighted by atomic mass is 10.0. The molecule has 2 N–H and O–H groups in total. The largest absolute Gasteiger partial charge is 0.358 e. The summed E-state index contributed by atoms with van der Waals surface area (Å²) in [6.45, 7) is 1.12. The van der Waals surface area contributed by atoms with Gasteiger partial charge in [0.25, 0.3) is 0 Å². The Morgan fingerprint density at radius 1 is 1.56 bits per heavy atom. The standard InChI is InChI=1S/C11H16N4S/c1-12-11-14-9(8-4-2-3-5-13-8)10-15(11)6-7-16-10/h6-8,13H,2-5H2,1H3,(H,12,14)/t8-/m0/s1. The zero-order chi connectivity index (χ0) is 11.0. The number of thiazole rings is 1. The third kappa shape index (κ3) is 1.51. The first kappa shape index (κ1) is 10.1. The van der Waals surface area contributed by atoms with E-state index in [0.29, 0.717) is 6.04 Å². The number of hydrogen-bond acceptors (Lipinski definition) is 4. The fraction of sp³-hybridized carbons (Fsp3) is 0.545. The molecule has 3 rings (SSSR count). The van der Waals surface area contributed by atoms with E-state index in [9.17, 15) is 0 Å². The lowest BCUT2D eigenvalue weighted by Gasteiger charge is -2.21. The summed E-state index contributed by atoms with van der Waals surface area (Å²) in [6, 6.07) is 0.435. The highest BCUT2D eigenvalue weighted by molar-refractivity contribution is 7.15. The topological polar surface area (TPSA) is 41.4 Å². The zero-order valence-electron chi connectivity index (χ0n) is 9.36. The Kier molecular flexibility index (Phi) is 2.57. The summed E-state index contributed by atoms with van der Waals surface area (Å²) in [7, 11) is 1.92. The van der Waals surface area contributed by atoms with Gasteiger partial charge in [-0.15, -0.1) is 11.3 Å². The van der Waals surface area contributed by atoms with Crippen molar-refractivity contribution >= 4 is 22.1 Å². The minimum Gasteiger partial charge on any atom is -0.358 e. The number of piperidine rings is 1. The molecule has 0 amide bonds. The summed E-state index contributed by atoms with van der Waals surface area (Å²) in [5, 5.41) is 8.82. The molecule has 3 heterocycles. The fourth-order valence-corrected chi connectivity index (χ4v) is 3.22. The van der Waals surface area contributed by atoms with E-state index in [1.807, 2.05) is 7.05 Å². The third-order valence-electron chi connectivity index (χ3n) is 3.15. The first-order chi connectivity index (χ1) is 7.90. The number of imidazole rings is 1. The molecule has 0 bridgehead atoms. The van der Waals surface area contributed by atoms with Crippen molar-refractivity contribution < 1.29 is 0 Å². The minimum atomic E-state index is 0.435. The van der Waals surface area contributed by atoms with Gasteiger partial charge in [0, 0.05) is 18.6 Å². The van der Waals surface area contributed by atoms with Crippen molar-refractivity contribution in [3.8, 4) is 0 Å². The van der Waals surface area contributed by atoms with E-state index >= 15 is 0 Å². The molecule has 4 nitrogen and oxygen atoms in total. The molecule has 0 unspecified atom stereocenters. The van der Waals surface area contributed by atoms with Crippen molar-refractivity contribution in [1.82, 2.24) is 14.7 Å². The van der Waals surface area contributed by atoms with Crippen molar-refractivity contribution in [2.45, 2.75) is 25.3 Å². The molecule has 0 saturated carbocycles. The first-order valence-electron chi connectivity index (χ1n) is 5.76. The highest BCUT2D eigenvalue weighted by Gasteiger charge is 2.21. The Labute approximate surface area is 98.7 Å². The number of nitrogens with one attached hydrogen (secondary N) is 2. The molecule has 16 heavy (non-hydrogen) atoms. The first-order valence-corrected chi connectivity index (χ1v) is 6.64. The van der Waals surface area contributed by atoms with E-state index in [0.717, 1.165) is 12.5 Å². The molecule has 2 aromatic rings. The second kappa shape index (κ2) is 4.07. The van der Waals surface area contributed by atoms with Crippen LogP contribution >= 0.6 is 11.3 Å². The molecule has 1 atom stereocenters. The van der Waals surface area contributed by atoms with Crippen LogP contribution in [0, 0.1) is 0 Å². The Balaban J connectivity index is 2.04. The molecule has 0 spiro atoms. The van der Waals surface area contributed by atoms with Gasteiger partial charge in [-0.25, -0.2) is 4.98 Å². The molecule has 86 valence electrons. The number of rotatable bonds is 2. The number of anilines is 1. The molecule has 5 heteroatoms. The summed E-state index contributed by atoms with van der Waals surface area (Å²) in [5.74, 6) is 0.943. The molecule has 1 aliphatic rings. The molecule has 0 radical (unpaired) electrons. The van der Waals surface area contributed by atoms with Gasteiger partial charge in [-0.1, -0.05) is 6.42 Å². The van der Waals surface area contributed by atoms with Gasteiger partial charge < -0.3 is 10.6 Å². The number of fused-ring (bicyclic) bond motifs is 1. The summed E-state index contributed by atoms with van der Waals surface area (Å²) in [6.07, 6.45) is 5.87. The summed E-state index contributed by atoms with van der Waals surface area (Å²) in [4.78, 5) is 5.96. The molecule has 2 aromatic heterocycles. The normalized spacial score (nSPS) is 21.4. The molecular weight excluding hydrogens is 220 g/mol. The SMILES string of the molecule is CNc1nc([C@@H]2CCCCN2)c2sccn12. The molecule has 1 saturated heterocycles. The molecule has 1 fully saturated rings. The van der Waals surface area contributed by atoms with Crippen LogP contribution < -0.4 is 10.6 Å². The van der Waals surface area contributed by atoms with E-state index in [1.54, 1.807) is 11.3 Å². The maximum atomic E-state index is 4.69. The quantitative estimate of drug-likeness (QED) is 0.840. The second-order valence-electron chi connectivity index (χ2n) is 4.15. The highest BCUT2D eigenvalue weighted by atomic mass is 32.1. The Bertz CT molecular complexity index is 481.